The van der Waals surface area contributed by atoms with Crippen LogP contribution >= 0.6 is 11.8 Å². The summed E-state index contributed by atoms with van der Waals surface area (Å²) in [5.74, 6) is -25.6. The number of carboxylic acids is 4. The number of nitrogens with zero attached hydrogens (tertiary/aromatic N) is 1. The second-order valence-electron chi connectivity index (χ2n) is 33.1. The number of hydrogen-bond donors (Lipinski definition) is 29. The lowest BCUT2D eigenvalue weighted by Crippen LogP contribution is -2.61. The molecule has 0 aromatic heterocycles. The molecule has 0 unspecified atom stereocenters. The van der Waals surface area contributed by atoms with Gasteiger partial charge in [-0.15, -0.1) is 0 Å². The minimum absolute atomic E-state index is 0.00672. The topological polar surface area (TPSA) is 931 Å². The SMILES string of the molecule is CSCC[C@H](N)C(=O)N[C@@H](CCC(N)=O)C(=O)N[C@@H](CCC(N)=O)C(=O)N[C@@H](CCCCN)C(=O)N[C@@H](CCC(N)=O)C(=O)N[C@@H](CCCCN)C(=O)N[C@@H](CCCCN)C(=O)N[C@@H](C)C(=O)N[C@@H](CC(N)=O)C(=O)N[C@@H](CCC(=O)O)C(=O)N[C@@H](CCCCN)C(=O)N[C@@H](CCCCN)C(=O)N[C@@H](CCC(=O)O)C(=O)N[C@@H](CCC(=O)O)C(=O)N1CCC[C@H]1C(=O)N[C@@H](CCCCN)C(=O)O. The number of carbonyl (C=O) groups excluding carboxylic acids is 19. The standard InChI is InChI=1S/C83H146N26O27S/c1-45(95-70(122)47(16-3-9-36-84)97-71(123)48(17-4-10-37-85)99-76(128)53(24-30-62(92)111)102-73(125)51(20-7-13-40-88)100-77(129)54(25-31-63(93)112)103-75(127)52(23-29-61(91)110)96-69(121)46(90)35-43-137-2)68(120)108-59(44-64(94)113)80(132)105-55(26-32-65(114)115)78(130)101-49(18-5-11-38-86)72(124)98-50(19-6-12-39-87)74(126)104-56(27-33-66(116)117)79(131)106-57(28-34-67(118)119)82(134)109-42-15-22-60(109)81(133)107-58(83(135)136)21-8-14-41-89/h45-60H,3-44,84-90H2,1-2H3,(H2,91,110)(H2,92,111)(H2,93,112)(H2,94,113)(H,95,122)(H,96,121)(H,97,123)(H,98,124)(H,99,128)(H,100,129)(H,101,130)(H,102,125)(H,103,127)(H,104,126)(H,105,132)(H,106,131)(H,107,133)(H,108,120)(H,114,115)(H,116,117)(H,118,119)(H,135,136)/t45-,46-,47-,48-,49-,50-,51-,52-,53-,54-,55-,56-,57-,58-,59-,60-/m0/s1. The number of carboxylic acid groups (broad SMARTS) is 4. The minimum atomic E-state index is -2.04. The molecule has 0 radical (unpaired) electrons. The van der Waals surface area contributed by atoms with Crippen LogP contribution in [-0.2, 0) is 110 Å². The van der Waals surface area contributed by atoms with Gasteiger partial charge in [-0.2, -0.15) is 11.8 Å². The summed E-state index contributed by atoms with van der Waals surface area (Å²) in [5, 5.41) is 73.1. The van der Waals surface area contributed by atoms with Crippen molar-refractivity contribution in [2.75, 3.05) is 57.8 Å². The average molecular weight is 1970 g/mol. The summed E-state index contributed by atoms with van der Waals surface area (Å²) in [7, 11) is 0. The van der Waals surface area contributed by atoms with Gasteiger partial charge in [0.15, 0.2) is 0 Å². The predicted molar refractivity (Wildman–Crippen MR) is 493 cm³/mol. The van der Waals surface area contributed by atoms with Crippen LogP contribution in [-0.4, -0.2) is 316 Å². The highest BCUT2D eigenvalue weighted by Crippen LogP contribution is 2.22. The Morgan fingerprint density at radius 2 is 0.547 bits per heavy atom. The van der Waals surface area contributed by atoms with Gasteiger partial charge >= 0.3 is 23.9 Å². The second kappa shape index (κ2) is 68.8. The van der Waals surface area contributed by atoms with Gasteiger partial charge in [0.1, 0.15) is 90.6 Å². The molecule has 1 aliphatic rings. The fourth-order valence-corrected chi connectivity index (χ4v) is 14.5. The van der Waals surface area contributed by atoms with Crippen molar-refractivity contribution in [1.82, 2.24) is 79.3 Å². The maximum absolute atomic E-state index is 14.6. The molecular weight excluding hydrogens is 1830 g/mol. The first-order valence-electron chi connectivity index (χ1n) is 45.9. The number of aliphatic carboxylic acids is 4. The van der Waals surface area contributed by atoms with E-state index in [0.717, 1.165) is 11.8 Å². The van der Waals surface area contributed by atoms with E-state index in [1.54, 1.807) is 6.26 Å². The van der Waals surface area contributed by atoms with Crippen LogP contribution in [0.3, 0.4) is 0 Å². The average Bonchev–Trinajstić information content (AvgIpc) is 1.79. The third kappa shape index (κ3) is 51.0. The largest absolute Gasteiger partial charge is 0.481 e. The number of nitrogens with two attached hydrogens (primary N) is 11. The number of hydrogen-bond acceptors (Lipinski definition) is 31. The number of nitrogens with one attached hydrogen (secondary N) is 14. The Bertz CT molecular complexity index is 4010. The first-order valence-corrected chi connectivity index (χ1v) is 47.3. The monoisotopic (exact) mass is 1970 g/mol. The highest BCUT2D eigenvalue weighted by atomic mass is 32.2. The summed E-state index contributed by atoms with van der Waals surface area (Å²) < 4.78 is 0. The Labute approximate surface area is 797 Å². The van der Waals surface area contributed by atoms with E-state index >= 15 is 0 Å². The molecule has 137 heavy (non-hydrogen) atoms. The van der Waals surface area contributed by atoms with Crippen molar-refractivity contribution in [3.8, 4) is 0 Å². The van der Waals surface area contributed by atoms with E-state index in [2.05, 4.69) is 74.4 Å². The van der Waals surface area contributed by atoms with Crippen LogP contribution in [0, 0.1) is 0 Å². The molecule has 776 valence electrons. The van der Waals surface area contributed by atoms with Crippen molar-refractivity contribution in [3.05, 3.63) is 0 Å². The molecule has 1 fully saturated rings. The van der Waals surface area contributed by atoms with Crippen LogP contribution in [0.15, 0.2) is 0 Å². The van der Waals surface area contributed by atoms with Gasteiger partial charge in [0.2, 0.25) is 112 Å². The molecule has 1 aliphatic heterocycles. The zero-order valence-corrected chi connectivity index (χ0v) is 78.6. The molecule has 1 heterocycles. The van der Waals surface area contributed by atoms with Gasteiger partial charge in [0, 0.05) is 45.1 Å². The molecule has 40 N–H and O–H groups in total. The summed E-state index contributed by atoms with van der Waals surface area (Å²) in [5.41, 5.74) is 62.4. The quantitative estimate of drug-likeness (QED) is 0.0251. The van der Waals surface area contributed by atoms with Crippen molar-refractivity contribution in [2.24, 2.45) is 63.1 Å². The zero-order chi connectivity index (χ0) is 103. The number of amides is 19. The van der Waals surface area contributed by atoms with Gasteiger partial charge in [-0.25, -0.2) is 4.79 Å². The van der Waals surface area contributed by atoms with Crippen LogP contribution in [0.5, 0.6) is 0 Å². The molecule has 1 saturated heterocycles. The zero-order valence-electron chi connectivity index (χ0n) is 77.8. The molecule has 0 spiro atoms. The van der Waals surface area contributed by atoms with Crippen molar-refractivity contribution in [1.29, 1.82) is 0 Å². The van der Waals surface area contributed by atoms with E-state index in [-0.39, 0.29) is 174 Å². The van der Waals surface area contributed by atoms with Crippen molar-refractivity contribution < 1.29 is 131 Å². The van der Waals surface area contributed by atoms with Crippen LogP contribution < -0.4 is 138 Å². The number of thioether (sulfide) groups is 1. The van der Waals surface area contributed by atoms with Crippen LogP contribution in [0.1, 0.15) is 225 Å². The lowest BCUT2D eigenvalue weighted by atomic mass is 10.0. The molecule has 1 rings (SSSR count). The number of unbranched alkanes of at least 4 members (excludes halogenated alkanes) is 6. The number of rotatable bonds is 77. The van der Waals surface area contributed by atoms with Gasteiger partial charge in [-0.05, 0) is 232 Å². The number of carbonyl (C=O) groups is 23. The van der Waals surface area contributed by atoms with E-state index in [9.17, 15) is 131 Å². The maximum Gasteiger partial charge on any atom is 0.326 e. The number of primary amides is 4. The Morgan fingerprint density at radius 1 is 0.299 bits per heavy atom. The first-order chi connectivity index (χ1) is 64.8. The first kappa shape index (κ1) is 123. The molecule has 0 aromatic carbocycles. The lowest BCUT2D eigenvalue weighted by molar-refractivity contribution is -0.145. The third-order valence-corrected chi connectivity index (χ3v) is 22.5. The van der Waals surface area contributed by atoms with Gasteiger partial charge in [-0.3, -0.25) is 105 Å². The summed E-state index contributed by atoms with van der Waals surface area (Å²) in [6.45, 7) is 1.60. The molecule has 0 aromatic rings. The fraction of sp³-hybridized carbons (Fsp3) is 0.723. The second-order valence-corrected chi connectivity index (χ2v) is 34.1. The Morgan fingerprint density at radius 3 is 0.818 bits per heavy atom. The van der Waals surface area contributed by atoms with Crippen LogP contribution in [0.4, 0.5) is 0 Å². The van der Waals surface area contributed by atoms with E-state index in [1.165, 1.54) is 11.8 Å². The van der Waals surface area contributed by atoms with E-state index in [1.807, 2.05) is 0 Å². The van der Waals surface area contributed by atoms with Gasteiger partial charge < -0.3 is 163 Å². The predicted octanol–water partition coefficient (Wildman–Crippen LogP) is -10.0. The number of likely N-dealkylation sites (tertiary alicyclic amines) is 1. The van der Waals surface area contributed by atoms with Gasteiger partial charge in [-0.1, -0.05) is 0 Å². The highest BCUT2D eigenvalue weighted by molar-refractivity contribution is 7.98. The van der Waals surface area contributed by atoms with Crippen molar-refractivity contribution in [3.63, 3.8) is 0 Å². The van der Waals surface area contributed by atoms with Crippen molar-refractivity contribution in [2.45, 2.75) is 322 Å². The Kier molecular flexibility index (Phi) is 61.7. The van der Waals surface area contributed by atoms with Crippen LogP contribution in [0.25, 0.3) is 0 Å². The minimum Gasteiger partial charge on any atom is -0.481 e. The molecule has 0 bridgehead atoms. The van der Waals surface area contributed by atoms with E-state index in [4.69, 9.17) is 63.1 Å². The lowest BCUT2D eigenvalue weighted by Gasteiger charge is -2.30. The molecule has 54 heteroatoms. The van der Waals surface area contributed by atoms with Crippen molar-refractivity contribution >= 4 is 148 Å². The molecule has 0 saturated carbocycles. The summed E-state index contributed by atoms with van der Waals surface area (Å²) >= 11 is 1.39. The molecule has 16 atom stereocenters. The maximum atomic E-state index is 14.6. The molecule has 0 aliphatic carbocycles. The fourth-order valence-electron chi connectivity index (χ4n) is 14.1. The molecule has 53 nitrogen and oxygen atoms in total. The molecular formula is C83H146N26O27S. The smallest absolute Gasteiger partial charge is 0.326 e. The summed E-state index contributed by atoms with van der Waals surface area (Å²) in [6.07, 6.45) is -4.70. The normalized spacial score (nSPS) is 15.5. The van der Waals surface area contributed by atoms with E-state index in [0.29, 0.717) is 18.6 Å². The Balaban J connectivity index is 3.79. The Hall–Kier alpha value is -12.1. The highest BCUT2D eigenvalue weighted by Gasteiger charge is 2.43. The van der Waals surface area contributed by atoms with Gasteiger partial charge in [0.05, 0.1) is 12.5 Å². The summed E-state index contributed by atoms with van der Waals surface area (Å²) in [6, 6.07) is -26.1. The van der Waals surface area contributed by atoms with E-state index < -0.39 is 310 Å². The van der Waals surface area contributed by atoms with Gasteiger partial charge in [0.25, 0.3) is 0 Å². The third-order valence-electron chi connectivity index (χ3n) is 21.8. The van der Waals surface area contributed by atoms with Crippen LogP contribution in [0.2, 0.25) is 0 Å². The molecule has 19 amide bonds. The summed E-state index contributed by atoms with van der Waals surface area (Å²) in [4.78, 5) is 312.